The van der Waals surface area contributed by atoms with Crippen LogP contribution in [0.5, 0.6) is 0 Å². The van der Waals surface area contributed by atoms with Gasteiger partial charge >= 0.3 is 0 Å². The van der Waals surface area contributed by atoms with Crippen molar-refractivity contribution in [2.24, 2.45) is 34.0 Å². The van der Waals surface area contributed by atoms with Crippen LogP contribution in [0.15, 0.2) is 11.6 Å². The highest BCUT2D eigenvalue weighted by Crippen LogP contribution is 2.72. The highest BCUT2D eigenvalue weighted by molar-refractivity contribution is 5.26. The number of hydrogen-bond donors (Lipinski definition) is 1. The maximum Gasteiger partial charge on any atom is 0.0883 e. The molecule has 4 fully saturated rings. The van der Waals surface area contributed by atoms with E-state index in [0.29, 0.717) is 28.8 Å². The molecule has 4 aliphatic rings. The first kappa shape index (κ1) is 19.0. The van der Waals surface area contributed by atoms with E-state index in [0.717, 1.165) is 24.7 Å². The monoisotopic (exact) mass is 360 g/mol. The van der Waals surface area contributed by atoms with E-state index in [2.05, 4.69) is 33.8 Å². The molecule has 2 nitrogen and oxygen atoms in total. The van der Waals surface area contributed by atoms with Gasteiger partial charge in [0.05, 0.1) is 12.2 Å². The number of ether oxygens (including phenoxy) is 1. The Morgan fingerprint density at radius 1 is 1.00 bits per heavy atom. The van der Waals surface area contributed by atoms with Gasteiger partial charge in [-0.3, -0.25) is 0 Å². The maximum atomic E-state index is 11.0. The second kappa shape index (κ2) is 6.08. The molecule has 4 aliphatic carbocycles. The third-order valence-electron chi connectivity index (χ3n) is 10.0. The van der Waals surface area contributed by atoms with Gasteiger partial charge in [-0.25, -0.2) is 0 Å². The SMILES string of the molecule is C/C=C1/CC[C@H]2[C@]3(C)CCC4C[C@](O)(COC)CCC4(C)[C@H]3CC[C@]12C. The Morgan fingerprint density at radius 2 is 1.77 bits per heavy atom. The van der Waals surface area contributed by atoms with Crippen LogP contribution in [0.25, 0.3) is 0 Å². The fourth-order valence-electron chi connectivity index (χ4n) is 8.72. The Bertz CT molecular complexity index is 597. The maximum absolute atomic E-state index is 11.0. The molecule has 4 saturated carbocycles. The van der Waals surface area contributed by atoms with E-state index in [4.69, 9.17) is 4.74 Å². The van der Waals surface area contributed by atoms with Crippen molar-refractivity contribution in [1.29, 1.82) is 0 Å². The Kier molecular flexibility index (Phi) is 4.44. The number of methoxy groups -OCH3 is 1. The Morgan fingerprint density at radius 3 is 2.46 bits per heavy atom. The van der Waals surface area contributed by atoms with Crippen molar-refractivity contribution in [3.63, 3.8) is 0 Å². The van der Waals surface area contributed by atoms with Gasteiger partial charge < -0.3 is 9.84 Å². The van der Waals surface area contributed by atoms with Crippen LogP contribution in [0.2, 0.25) is 0 Å². The van der Waals surface area contributed by atoms with Crippen molar-refractivity contribution in [3.8, 4) is 0 Å². The first-order chi connectivity index (χ1) is 12.2. The molecule has 0 radical (unpaired) electrons. The van der Waals surface area contributed by atoms with E-state index >= 15 is 0 Å². The van der Waals surface area contributed by atoms with Gasteiger partial charge in [-0.1, -0.05) is 32.4 Å². The van der Waals surface area contributed by atoms with E-state index in [-0.39, 0.29) is 0 Å². The van der Waals surface area contributed by atoms with Crippen LogP contribution in [0.3, 0.4) is 0 Å². The Labute approximate surface area is 160 Å². The summed E-state index contributed by atoms with van der Waals surface area (Å²) in [6.45, 7) is 10.6. The van der Waals surface area contributed by atoms with Gasteiger partial charge in [0, 0.05) is 7.11 Å². The van der Waals surface area contributed by atoms with E-state index in [1.165, 1.54) is 44.9 Å². The molecule has 2 heteroatoms. The third-order valence-corrected chi connectivity index (χ3v) is 10.0. The fourth-order valence-corrected chi connectivity index (χ4v) is 8.72. The second-order valence-electron chi connectivity index (χ2n) is 11.0. The van der Waals surface area contributed by atoms with Gasteiger partial charge in [-0.2, -0.15) is 0 Å². The van der Waals surface area contributed by atoms with Gasteiger partial charge in [0.15, 0.2) is 0 Å². The second-order valence-corrected chi connectivity index (χ2v) is 11.0. The molecule has 7 atom stereocenters. The Balaban J connectivity index is 1.64. The van der Waals surface area contributed by atoms with Gasteiger partial charge in [0.1, 0.15) is 0 Å². The average Bonchev–Trinajstić information content (AvgIpc) is 2.94. The summed E-state index contributed by atoms with van der Waals surface area (Å²) in [4.78, 5) is 0. The van der Waals surface area contributed by atoms with Crippen molar-refractivity contribution >= 4 is 0 Å². The summed E-state index contributed by atoms with van der Waals surface area (Å²) < 4.78 is 5.36. The summed E-state index contributed by atoms with van der Waals surface area (Å²) >= 11 is 0. The lowest BCUT2D eigenvalue weighted by molar-refractivity contribution is -0.188. The smallest absolute Gasteiger partial charge is 0.0883 e. The number of rotatable bonds is 2. The van der Waals surface area contributed by atoms with Crippen molar-refractivity contribution in [3.05, 3.63) is 11.6 Å². The van der Waals surface area contributed by atoms with E-state index in [9.17, 15) is 5.11 Å². The standard InChI is InChI=1S/C24H40O2/c1-6-17-7-8-19-21(17,2)12-10-20-22(3)13-14-24(25,16-26-5)15-18(22)9-11-23(19,20)4/h6,18-20,25H,7-16H2,1-5H3/b17-6-/t18?,19-,20-,21-,22?,23+,24+/m1/s1. The van der Waals surface area contributed by atoms with Crippen molar-refractivity contribution in [2.75, 3.05) is 13.7 Å². The van der Waals surface area contributed by atoms with Crippen molar-refractivity contribution in [2.45, 2.75) is 91.1 Å². The minimum Gasteiger partial charge on any atom is -0.387 e. The quantitative estimate of drug-likeness (QED) is 0.636. The molecule has 0 aromatic heterocycles. The molecule has 0 saturated heterocycles. The van der Waals surface area contributed by atoms with E-state index in [1.54, 1.807) is 12.7 Å². The summed E-state index contributed by atoms with van der Waals surface area (Å²) in [5.74, 6) is 2.36. The summed E-state index contributed by atoms with van der Waals surface area (Å²) in [6, 6.07) is 0. The summed E-state index contributed by atoms with van der Waals surface area (Å²) in [6.07, 6.45) is 13.6. The van der Waals surface area contributed by atoms with Crippen LogP contribution in [-0.4, -0.2) is 24.4 Å². The molecular formula is C24H40O2. The zero-order valence-corrected chi connectivity index (χ0v) is 17.7. The predicted molar refractivity (Wildman–Crippen MR) is 107 cm³/mol. The molecular weight excluding hydrogens is 320 g/mol. The predicted octanol–water partition coefficient (Wildman–Crippen LogP) is 5.74. The number of fused-ring (bicyclic) bond motifs is 5. The molecule has 1 N–H and O–H groups in total. The van der Waals surface area contributed by atoms with Gasteiger partial charge in [-0.15, -0.1) is 0 Å². The van der Waals surface area contributed by atoms with E-state index in [1.807, 2.05) is 0 Å². The molecule has 26 heavy (non-hydrogen) atoms. The molecule has 0 aromatic rings. The lowest BCUT2D eigenvalue weighted by Crippen LogP contribution is -2.60. The highest BCUT2D eigenvalue weighted by atomic mass is 16.5. The minimum atomic E-state index is -0.582. The topological polar surface area (TPSA) is 29.5 Å². The van der Waals surface area contributed by atoms with Crippen LogP contribution in [-0.2, 0) is 4.74 Å². The lowest BCUT2D eigenvalue weighted by atomic mass is 9.39. The zero-order chi connectivity index (χ0) is 18.8. The fraction of sp³-hybridized carbons (Fsp3) is 0.917. The van der Waals surface area contributed by atoms with Crippen LogP contribution >= 0.6 is 0 Å². The van der Waals surface area contributed by atoms with Crippen LogP contribution in [0.4, 0.5) is 0 Å². The van der Waals surface area contributed by atoms with Gasteiger partial charge in [0.2, 0.25) is 0 Å². The van der Waals surface area contributed by atoms with Gasteiger partial charge in [0.25, 0.3) is 0 Å². The summed E-state index contributed by atoms with van der Waals surface area (Å²) in [5, 5.41) is 11.0. The van der Waals surface area contributed by atoms with Crippen LogP contribution in [0, 0.1) is 34.0 Å². The zero-order valence-electron chi connectivity index (χ0n) is 17.7. The first-order valence-corrected chi connectivity index (χ1v) is 11.1. The molecule has 0 bridgehead atoms. The molecule has 0 aromatic carbocycles. The molecule has 0 heterocycles. The van der Waals surface area contributed by atoms with E-state index < -0.39 is 5.60 Å². The minimum absolute atomic E-state index is 0.410. The largest absolute Gasteiger partial charge is 0.387 e. The normalized spacial score (nSPS) is 55.3. The molecule has 4 rings (SSSR count). The molecule has 0 amide bonds. The molecule has 2 unspecified atom stereocenters. The molecule has 148 valence electrons. The Hall–Kier alpha value is -0.340. The molecule has 0 aliphatic heterocycles. The number of aliphatic hydroxyl groups is 1. The van der Waals surface area contributed by atoms with Crippen LogP contribution in [0.1, 0.15) is 85.5 Å². The first-order valence-electron chi connectivity index (χ1n) is 11.1. The summed E-state index contributed by atoms with van der Waals surface area (Å²) in [7, 11) is 1.73. The van der Waals surface area contributed by atoms with Gasteiger partial charge in [-0.05, 0) is 98.7 Å². The third kappa shape index (κ3) is 2.43. The summed E-state index contributed by atoms with van der Waals surface area (Å²) in [5.41, 5.74) is 2.51. The lowest BCUT2D eigenvalue weighted by Gasteiger charge is -2.66. The number of allylic oxidation sites excluding steroid dienone is 2. The molecule has 0 spiro atoms. The van der Waals surface area contributed by atoms with Crippen molar-refractivity contribution in [1.82, 2.24) is 0 Å². The average molecular weight is 361 g/mol. The highest BCUT2D eigenvalue weighted by Gasteiger charge is 2.64. The van der Waals surface area contributed by atoms with Crippen LogP contribution < -0.4 is 0 Å². The number of hydrogen-bond acceptors (Lipinski definition) is 2. The van der Waals surface area contributed by atoms with Crippen molar-refractivity contribution < 1.29 is 9.84 Å².